The summed E-state index contributed by atoms with van der Waals surface area (Å²) in [5.41, 5.74) is 13.0. The van der Waals surface area contributed by atoms with E-state index >= 15 is 0 Å². The Morgan fingerprint density at radius 3 is 2.15 bits per heavy atom. The summed E-state index contributed by atoms with van der Waals surface area (Å²) in [6, 6.07) is 16.1. The summed E-state index contributed by atoms with van der Waals surface area (Å²) in [4.78, 5) is 12.1. The van der Waals surface area contributed by atoms with Crippen molar-refractivity contribution in [1.82, 2.24) is 4.57 Å². The molecule has 0 saturated heterocycles. The van der Waals surface area contributed by atoms with E-state index in [-0.39, 0.29) is 0 Å². The molecule has 3 rings (SSSR count). The summed E-state index contributed by atoms with van der Waals surface area (Å²) in [5.74, 6) is -0.418. The van der Waals surface area contributed by atoms with E-state index in [0.717, 1.165) is 16.8 Å². The molecule has 3 aromatic rings. The molecule has 0 aliphatic carbocycles. The van der Waals surface area contributed by atoms with Gasteiger partial charge in [-0.05, 0) is 61.4 Å². The van der Waals surface area contributed by atoms with Crippen molar-refractivity contribution in [1.29, 1.82) is 0 Å². The lowest BCUT2D eigenvalue weighted by Gasteiger charge is -2.14. The van der Waals surface area contributed by atoms with Crippen molar-refractivity contribution in [2.24, 2.45) is 0 Å². The molecule has 0 atom stereocenters. The van der Waals surface area contributed by atoms with Crippen LogP contribution in [0.5, 0.6) is 0 Å². The second-order valence-electron chi connectivity index (χ2n) is 6.23. The standard InChI is InChI=1S/C21H23N3O2/c1-13-5-6-14(2)24(13)17-9-7-15(8-10-17)16-11-18(21(25)26-4)20(23-3)19(22)12-16/h5-12,23H,22H2,1-4H3. The number of nitrogens with zero attached hydrogens (tertiary/aromatic N) is 1. The zero-order valence-electron chi connectivity index (χ0n) is 15.5. The lowest BCUT2D eigenvalue weighted by atomic mass is 10.00. The average Bonchev–Trinajstić information content (AvgIpc) is 2.99. The molecule has 134 valence electrons. The Balaban J connectivity index is 2.04. The van der Waals surface area contributed by atoms with Gasteiger partial charge in [-0.1, -0.05) is 12.1 Å². The number of nitrogen functional groups attached to an aromatic ring is 1. The molecule has 0 unspecified atom stereocenters. The predicted octanol–water partition coefficient (Wildman–Crippen LogP) is 4.17. The van der Waals surface area contributed by atoms with Crippen LogP contribution in [-0.4, -0.2) is 24.7 Å². The van der Waals surface area contributed by atoms with Crippen molar-refractivity contribution in [3.63, 3.8) is 0 Å². The monoisotopic (exact) mass is 349 g/mol. The number of aromatic nitrogens is 1. The van der Waals surface area contributed by atoms with Crippen LogP contribution in [0.4, 0.5) is 11.4 Å². The number of ether oxygens (including phenoxy) is 1. The lowest BCUT2D eigenvalue weighted by Crippen LogP contribution is -2.08. The van der Waals surface area contributed by atoms with Gasteiger partial charge < -0.3 is 20.4 Å². The van der Waals surface area contributed by atoms with Gasteiger partial charge >= 0.3 is 5.97 Å². The number of nitrogens with two attached hydrogens (primary N) is 1. The first-order chi connectivity index (χ1) is 12.5. The van der Waals surface area contributed by atoms with Crippen LogP contribution < -0.4 is 11.1 Å². The summed E-state index contributed by atoms with van der Waals surface area (Å²) in [5, 5.41) is 2.97. The number of carbonyl (C=O) groups excluding carboxylic acids is 1. The highest BCUT2D eigenvalue weighted by molar-refractivity contribution is 6.00. The number of benzene rings is 2. The molecule has 0 bridgehead atoms. The van der Waals surface area contributed by atoms with Gasteiger partial charge in [0.15, 0.2) is 0 Å². The second-order valence-corrected chi connectivity index (χ2v) is 6.23. The number of nitrogens with one attached hydrogen (secondary N) is 1. The summed E-state index contributed by atoms with van der Waals surface area (Å²) < 4.78 is 7.08. The smallest absolute Gasteiger partial charge is 0.340 e. The average molecular weight is 349 g/mol. The van der Waals surface area contributed by atoms with Crippen molar-refractivity contribution in [2.75, 3.05) is 25.2 Å². The third-order valence-corrected chi connectivity index (χ3v) is 4.55. The van der Waals surface area contributed by atoms with E-state index in [9.17, 15) is 4.79 Å². The van der Waals surface area contributed by atoms with E-state index < -0.39 is 5.97 Å². The van der Waals surface area contributed by atoms with Gasteiger partial charge in [-0.25, -0.2) is 4.79 Å². The molecule has 0 radical (unpaired) electrons. The van der Waals surface area contributed by atoms with Crippen molar-refractivity contribution in [3.05, 3.63) is 65.5 Å². The van der Waals surface area contributed by atoms with Gasteiger partial charge in [0.05, 0.1) is 24.0 Å². The van der Waals surface area contributed by atoms with Crippen molar-refractivity contribution in [3.8, 4) is 16.8 Å². The number of methoxy groups -OCH3 is 1. The minimum Gasteiger partial charge on any atom is -0.465 e. The van der Waals surface area contributed by atoms with E-state index in [1.165, 1.54) is 18.5 Å². The third-order valence-electron chi connectivity index (χ3n) is 4.55. The SMILES string of the molecule is CNc1c(N)cc(-c2ccc(-n3c(C)ccc3C)cc2)cc1C(=O)OC. The van der Waals surface area contributed by atoms with Gasteiger partial charge in [-0.2, -0.15) is 0 Å². The van der Waals surface area contributed by atoms with Crippen LogP contribution in [-0.2, 0) is 4.74 Å². The van der Waals surface area contributed by atoms with Crippen LogP contribution in [0.25, 0.3) is 16.8 Å². The Hall–Kier alpha value is -3.21. The fourth-order valence-electron chi connectivity index (χ4n) is 3.26. The van der Waals surface area contributed by atoms with Crippen molar-refractivity contribution in [2.45, 2.75) is 13.8 Å². The first-order valence-electron chi connectivity index (χ1n) is 8.41. The molecule has 0 aliphatic rings. The molecule has 26 heavy (non-hydrogen) atoms. The number of carbonyl (C=O) groups is 1. The fourth-order valence-corrected chi connectivity index (χ4v) is 3.26. The Morgan fingerprint density at radius 2 is 1.62 bits per heavy atom. The minimum absolute atomic E-state index is 0.418. The number of rotatable bonds is 4. The summed E-state index contributed by atoms with van der Waals surface area (Å²) in [6.07, 6.45) is 0. The summed E-state index contributed by atoms with van der Waals surface area (Å²) in [7, 11) is 3.09. The largest absolute Gasteiger partial charge is 0.465 e. The van der Waals surface area contributed by atoms with E-state index in [4.69, 9.17) is 10.5 Å². The fraction of sp³-hybridized carbons (Fsp3) is 0.190. The molecule has 5 heteroatoms. The molecule has 0 amide bonds. The van der Waals surface area contributed by atoms with Gasteiger partial charge in [-0.15, -0.1) is 0 Å². The van der Waals surface area contributed by atoms with E-state index in [2.05, 4.69) is 48.0 Å². The minimum atomic E-state index is -0.418. The second kappa shape index (κ2) is 6.96. The maximum Gasteiger partial charge on any atom is 0.340 e. The van der Waals surface area contributed by atoms with Gasteiger partial charge in [0.2, 0.25) is 0 Å². The number of hydrogen-bond donors (Lipinski definition) is 2. The van der Waals surface area contributed by atoms with Crippen LogP contribution in [0.3, 0.4) is 0 Å². The molecule has 0 spiro atoms. The molecule has 0 saturated carbocycles. The van der Waals surface area contributed by atoms with Gasteiger partial charge in [0.1, 0.15) is 0 Å². The molecule has 2 aromatic carbocycles. The highest BCUT2D eigenvalue weighted by Crippen LogP contribution is 2.32. The zero-order chi connectivity index (χ0) is 18.8. The molecule has 3 N–H and O–H groups in total. The number of hydrogen-bond acceptors (Lipinski definition) is 4. The van der Waals surface area contributed by atoms with Crippen LogP contribution in [0, 0.1) is 13.8 Å². The number of anilines is 2. The number of esters is 1. The normalized spacial score (nSPS) is 10.6. The third kappa shape index (κ3) is 3.04. The quantitative estimate of drug-likeness (QED) is 0.548. The van der Waals surface area contributed by atoms with Crippen LogP contribution >= 0.6 is 0 Å². The van der Waals surface area contributed by atoms with Gasteiger partial charge in [0, 0.05) is 24.1 Å². The summed E-state index contributed by atoms with van der Waals surface area (Å²) in [6.45, 7) is 4.17. The molecule has 5 nitrogen and oxygen atoms in total. The first-order valence-corrected chi connectivity index (χ1v) is 8.41. The lowest BCUT2D eigenvalue weighted by molar-refractivity contribution is 0.0602. The van der Waals surface area contributed by atoms with E-state index in [1.807, 2.05) is 18.2 Å². The van der Waals surface area contributed by atoms with Gasteiger partial charge in [-0.3, -0.25) is 0 Å². The van der Waals surface area contributed by atoms with Crippen LogP contribution in [0.15, 0.2) is 48.5 Å². The Labute approximate surface area is 153 Å². The Kier molecular flexibility index (Phi) is 4.71. The topological polar surface area (TPSA) is 69.3 Å². The first kappa shape index (κ1) is 17.6. The molecule has 0 aliphatic heterocycles. The molecular weight excluding hydrogens is 326 g/mol. The van der Waals surface area contributed by atoms with E-state index in [1.54, 1.807) is 13.1 Å². The molecular formula is C21H23N3O2. The maximum atomic E-state index is 12.1. The maximum absolute atomic E-state index is 12.1. The van der Waals surface area contributed by atoms with Crippen molar-refractivity contribution >= 4 is 17.3 Å². The Morgan fingerprint density at radius 1 is 1.00 bits per heavy atom. The molecule has 1 heterocycles. The Bertz CT molecular complexity index is 937. The van der Waals surface area contributed by atoms with Crippen molar-refractivity contribution < 1.29 is 9.53 Å². The molecule has 1 aromatic heterocycles. The van der Waals surface area contributed by atoms with E-state index in [0.29, 0.717) is 16.9 Å². The summed E-state index contributed by atoms with van der Waals surface area (Å²) >= 11 is 0. The van der Waals surface area contributed by atoms with Gasteiger partial charge in [0.25, 0.3) is 0 Å². The van der Waals surface area contributed by atoms with Crippen LogP contribution in [0.2, 0.25) is 0 Å². The number of aryl methyl sites for hydroxylation is 2. The van der Waals surface area contributed by atoms with Crippen LogP contribution in [0.1, 0.15) is 21.7 Å². The highest BCUT2D eigenvalue weighted by Gasteiger charge is 2.16. The predicted molar refractivity (Wildman–Crippen MR) is 106 cm³/mol. The zero-order valence-corrected chi connectivity index (χ0v) is 15.5. The highest BCUT2D eigenvalue weighted by atomic mass is 16.5. The molecule has 0 fully saturated rings.